The summed E-state index contributed by atoms with van der Waals surface area (Å²) in [6, 6.07) is 6.60. The highest BCUT2D eigenvalue weighted by molar-refractivity contribution is 7.89. The minimum absolute atomic E-state index is 0.0538. The van der Waals surface area contributed by atoms with E-state index in [1.165, 1.54) is 24.3 Å². The molecule has 0 saturated heterocycles. The molecule has 2 N–H and O–H groups in total. The molecule has 0 amide bonds. The lowest BCUT2D eigenvalue weighted by Crippen LogP contribution is -2.14. The van der Waals surface area contributed by atoms with Crippen LogP contribution in [-0.2, 0) is 15.1 Å². The van der Waals surface area contributed by atoms with Gasteiger partial charge in [-0.2, -0.15) is 0 Å². The number of sulfonamides is 1. The Morgan fingerprint density at radius 3 is 2.32 bits per heavy atom. The van der Waals surface area contributed by atoms with Crippen LogP contribution in [0.4, 0.5) is 0 Å². The molecule has 5 nitrogen and oxygen atoms in total. The molecule has 0 aliphatic carbocycles. The molecule has 1 radical (unpaired) electrons. The van der Waals surface area contributed by atoms with Gasteiger partial charge in [0, 0.05) is 11.1 Å². The minimum Gasteiger partial charge on any atom is -0.290 e. The predicted molar refractivity (Wildman–Crippen MR) is 82.3 cm³/mol. The minimum atomic E-state index is -4.03. The van der Waals surface area contributed by atoms with Crippen LogP contribution in [0.3, 0.4) is 0 Å². The first kappa shape index (κ1) is 16.5. The van der Waals surface area contributed by atoms with E-state index in [0.717, 1.165) is 6.07 Å². The first-order valence-corrected chi connectivity index (χ1v) is 8.19. The lowest BCUT2D eigenvalue weighted by molar-refractivity contribution is 0.103. The number of carbonyl (C=O) groups excluding carboxylic acids is 1. The summed E-state index contributed by atoms with van der Waals surface area (Å²) in [4.78, 5) is 12.2. The number of carbonyl (C=O) groups is 1. The molecule has 0 aliphatic rings. The van der Waals surface area contributed by atoms with Crippen molar-refractivity contribution in [3.63, 3.8) is 0 Å². The van der Waals surface area contributed by atoms with Crippen LogP contribution < -0.4 is 5.14 Å². The number of primary sulfonamides is 1. The smallest absolute Gasteiger partial charge is 0.239 e. The van der Waals surface area contributed by atoms with Crippen molar-refractivity contribution < 1.29 is 18.3 Å². The first-order valence-electron chi connectivity index (χ1n) is 6.27. The maximum atomic E-state index is 12.5. The van der Waals surface area contributed by atoms with Gasteiger partial charge in [0.25, 0.3) is 0 Å². The number of ketones is 1. The van der Waals surface area contributed by atoms with E-state index in [1.807, 2.05) is 0 Å². The number of rotatable bonds is 3. The molecule has 0 atom stereocenters. The average Bonchev–Trinajstić information content (AvgIpc) is 2.43. The zero-order valence-electron chi connectivity index (χ0n) is 11.9. The second-order valence-electron chi connectivity index (χ2n) is 4.88. The van der Waals surface area contributed by atoms with Gasteiger partial charge in [0.05, 0.1) is 5.02 Å². The highest BCUT2D eigenvalue weighted by Crippen LogP contribution is 2.27. The van der Waals surface area contributed by atoms with Crippen molar-refractivity contribution in [2.24, 2.45) is 5.14 Å². The van der Waals surface area contributed by atoms with Crippen LogP contribution in [0.1, 0.15) is 27.0 Å². The lowest BCUT2D eigenvalue weighted by Gasteiger charge is -2.10. The Bertz CT molecular complexity index is 875. The molecular weight excluding hydrogens is 326 g/mol. The Labute approximate surface area is 133 Å². The molecule has 0 saturated carbocycles. The maximum absolute atomic E-state index is 12.5. The summed E-state index contributed by atoms with van der Waals surface area (Å²) >= 11 is 5.80. The largest absolute Gasteiger partial charge is 0.290 e. The third kappa shape index (κ3) is 2.99. The number of nitrogens with two attached hydrogens (primary N) is 1. The number of halogens is 1. The Morgan fingerprint density at radius 2 is 1.73 bits per heavy atom. The molecule has 0 fully saturated rings. The first-order chi connectivity index (χ1) is 10.1. The summed E-state index contributed by atoms with van der Waals surface area (Å²) in [7, 11) is -4.03. The van der Waals surface area contributed by atoms with E-state index < -0.39 is 15.8 Å². The number of hydrogen-bond acceptors (Lipinski definition) is 3. The maximum Gasteiger partial charge on any atom is 0.239 e. The van der Waals surface area contributed by atoms with E-state index in [0.29, 0.717) is 16.7 Å². The van der Waals surface area contributed by atoms with Gasteiger partial charge >= 0.3 is 0 Å². The van der Waals surface area contributed by atoms with E-state index in [4.69, 9.17) is 16.7 Å². The quantitative estimate of drug-likeness (QED) is 0.871. The van der Waals surface area contributed by atoms with E-state index in [2.05, 4.69) is 0 Å². The van der Waals surface area contributed by atoms with Crippen molar-refractivity contribution >= 4 is 27.4 Å². The Balaban J connectivity index is 2.59. The third-order valence-electron chi connectivity index (χ3n) is 3.48. The normalized spacial score (nSPS) is 11.5. The SMILES string of the molecule is Cc1c([O])ccc(C(=O)c2ccc(Cl)c(S(N)(=O)=O)c2)c1C. The molecule has 0 unspecified atom stereocenters. The summed E-state index contributed by atoms with van der Waals surface area (Å²) in [6.45, 7) is 3.30. The van der Waals surface area contributed by atoms with Crippen LogP contribution >= 0.6 is 11.6 Å². The molecule has 2 aromatic rings. The van der Waals surface area contributed by atoms with E-state index in [-0.39, 0.29) is 21.2 Å². The van der Waals surface area contributed by atoms with Crippen LogP contribution in [0.25, 0.3) is 0 Å². The van der Waals surface area contributed by atoms with Gasteiger partial charge in [-0.05, 0) is 55.3 Å². The molecule has 7 heteroatoms. The van der Waals surface area contributed by atoms with Gasteiger partial charge in [-0.3, -0.25) is 9.90 Å². The van der Waals surface area contributed by atoms with Gasteiger partial charge in [-0.25, -0.2) is 13.6 Å². The molecule has 0 heterocycles. The fourth-order valence-corrected chi connectivity index (χ4v) is 3.13. The van der Waals surface area contributed by atoms with E-state index in [9.17, 15) is 18.3 Å². The van der Waals surface area contributed by atoms with Crippen molar-refractivity contribution in [2.45, 2.75) is 18.7 Å². The Kier molecular flexibility index (Phi) is 4.28. The van der Waals surface area contributed by atoms with Crippen molar-refractivity contribution in [2.75, 3.05) is 0 Å². The molecule has 0 spiro atoms. The van der Waals surface area contributed by atoms with E-state index in [1.54, 1.807) is 13.8 Å². The number of benzene rings is 2. The second kappa shape index (κ2) is 5.72. The molecule has 115 valence electrons. The summed E-state index contributed by atoms with van der Waals surface area (Å²) in [5.41, 5.74) is 1.51. The van der Waals surface area contributed by atoms with Crippen LogP contribution in [0.15, 0.2) is 35.2 Å². The molecule has 2 aromatic carbocycles. The molecular formula is C15H13ClNO4S. The summed E-state index contributed by atoms with van der Waals surface area (Å²) in [5.74, 6) is -0.558. The van der Waals surface area contributed by atoms with Crippen LogP contribution in [0.5, 0.6) is 5.75 Å². The lowest BCUT2D eigenvalue weighted by atomic mass is 9.95. The molecule has 0 bridgehead atoms. The summed E-state index contributed by atoms with van der Waals surface area (Å²) in [6.07, 6.45) is 0. The van der Waals surface area contributed by atoms with Gasteiger partial charge < -0.3 is 0 Å². The Hall–Kier alpha value is -1.89. The van der Waals surface area contributed by atoms with Gasteiger partial charge in [0.15, 0.2) is 11.5 Å². The molecule has 0 aliphatic heterocycles. The topological polar surface area (TPSA) is 97.1 Å². The fourth-order valence-electron chi connectivity index (χ4n) is 2.06. The molecule has 22 heavy (non-hydrogen) atoms. The van der Waals surface area contributed by atoms with Crippen LogP contribution in [0.2, 0.25) is 5.02 Å². The summed E-state index contributed by atoms with van der Waals surface area (Å²) in [5, 5.41) is 16.6. The van der Waals surface area contributed by atoms with E-state index >= 15 is 0 Å². The van der Waals surface area contributed by atoms with Crippen molar-refractivity contribution in [1.82, 2.24) is 0 Å². The van der Waals surface area contributed by atoms with Crippen LogP contribution in [0, 0.1) is 13.8 Å². The van der Waals surface area contributed by atoms with Crippen LogP contribution in [-0.4, -0.2) is 14.2 Å². The van der Waals surface area contributed by atoms with Gasteiger partial charge in [0.1, 0.15) is 4.90 Å². The zero-order valence-corrected chi connectivity index (χ0v) is 13.5. The molecule has 0 aromatic heterocycles. The zero-order chi connectivity index (χ0) is 16.7. The number of hydrogen-bond donors (Lipinski definition) is 1. The second-order valence-corrected chi connectivity index (χ2v) is 6.82. The highest BCUT2D eigenvalue weighted by Gasteiger charge is 2.19. The highest BCUT2D eigenvalue weighted by atomic mass is 35.5. The third-order valence-corrected chi connectivity index (χ3v) is 4.87. The van der Waals surface area contributed by atoms with Crippen molar-refractivity contribution in [3.8, 4) is 5.75 Å². The molecule has 2 rings (SSSR count). The van der Waals surface area contributed by atoms with Crippen molar-refractivity contribution in [1.29, 1.82) is 0 Å². The summed E-state index contributed by atoms with van der Waals surface area (Å²) < 4.78 is 22.9. The standard InChI is InChI=1S/C15H13ClNO4S/c1-8-9(2)13(18)6-4-11(8)15(19)10-3-5-12(16)14(7-10)22(17,20)21/h3-7H,1-2H3,(H2,17,20,21). The predicted octanol–water partition coefficient (Wildman–Crippen LogP) is 2.98. The fraction of sp³-hybridized carbons (Fsp3) is 0.133. The average molecular weight is 339 g/mol. The Morgan fingerprint density at radius 1 is 1.09 bits per heavy atom. The van der Waals surface area contributed by atoms with Gasteiger partial charge in [-0.1, -0.05) is 11.6 Å². The van der Waals surface area contributed by atoms with Crippen molar-refractivity contribution in [3.05, 3.63) is 57.6 Å². The monoisotopic (exact) mass is 338 g/mol. The van der Waals surface area contributed by atoms with Gasteiger partial charge in [-0.15, -0.1) is 0 Å². The van der Waals surface area contributed by atoms with Gasteiger partial charge in [0.2, 0.25) is 10.0 Å².